The zero-order valence-electron chi connectivity index (χ0n) is 14.0. The molecular weight excluding hydrogens is 338 g/mol. The van der Waals surface area contributed by atoms with E-state index >= 15 is 0 Å². The average molecular weight is 359 g/mol. The number of fused-ring (bicyclic) bond motifs is 1. The number of hydrogen-bond donors (Lipinski definition) is 2. The lowest BCUT2D eigenvalue weighted by Gasteiger charge is -2.19. The molecule has 0 saturated heterocycles. The first-order chi connectivity index (χ1) is 11.8. The zero-order chi connectivity index (χ0) is 18.0. The Hall–Kier alpha value is -2.38. The van der Waals surface area contributed by atoms with Crippen molar-refractivity contribution in [1.29, 1.82) is 0 Å². The van der Waals surface area contributed by atoms with Gasteiger partial charge in [-0.15, -0.1) is 0 Å². The number of benzene rings is 2. The fraction of sp³-hybridized carbons (Fsp3) is 0.278. The second-order valence-corrected chi connectivity index (χ2v) is 7.83. The summed E-state index contributed by atoms with van der Waals surface area (Å²) in [6, 6.07) is 12.8. The molecule has 0 saturated carbocycles. The molecule has 1 amide bonds. The van der Waals surface area contributed by atoms with Crippen molar-refractivity contribution in [3.8, 4) is 0 Å². The first-order valence-electron chi connectivity index (χ1n) is 8.06. The van der Waals surface area contributed by atoms with Crippen LogP contribution in [0.5, 0.6) is 0 Å². The molecule has 1 aliphatic heterocycles. The molecule has 0 radical (unpaired) electrons. The van der Waals surface area contributed by atoms with Gasteiger partial charge < -0.3 is 10.2 Å². The maximum absolute atomic E-state index is 12.2. The van der Waals surface area contributed by atoms with Gasteiger partial charge >= 0.3 is 0 Å². The molecule has 0 aromatic heterocycles. The van der Waals surface area contributed by atoms with Crippen molar-refractivity contribution in [2.75, 3.05) is 18.0 Å². The molecule has 6 nitrogen and oxygen atoms in total. The number of carbonyl (C=O) groups is 1. The molecular formula is C18H21N3O3S. The summed E-state index contributed by atoms with van der Waals surface area (Å²) in [7, 11) is -3.71. The highest BCUT2D eigenvalue weighted by molar-refractivity contribution is 7.89. The number of aryl methyl sites for hydroxylation is 1. The number of rotatable bonds is 5. The minimum Gasteiger partial charge on any atom is -0.362 e. The first kappa shape index (κ1) is 17.4. The number of sulfonamides is 1. The quantitative estimate of drug-likeness (QED) is 0.842. The van der Waals surface area contributed by atoms with Crippen LogP contribution in [0.1, 0.15) is 16.7 Å². The normalized spacial score (nSPS) is 13.6. The van der Waals surface area contributed by atoms with Gasteiger partial charge in [0.05, 0.1) is 11.4 Å². The number of nitrogens with zero attached hydrogens (tertiary/aromatic N) is 1. The molecule has 1 heterocycles. The van der Waals surface area contributed by atoms with E-state index in [2.05, 4.69) is 5.32 Å². The van der Waals surface area contributed by atoms with E-state index in [-0.39, 0.29) is 17.3 Å². The number of amides is 1. The van der Waals surface area contributed by atoms with Crippen LogP contribution in [0.25, 0.3) is 0 Å². The Morgan fingerprint density at radius 2 is 1.92 bits per heavy atom. The van der Waals surface area contributed by atoms with E-state index in [1.54, 1.807) is 12.1 Å². The van der Waals surface area contributed by atoms with Crippen molar-refractivity contribution in [2.45, 2.75) is 24.8 Å². The van der Waals surface area contributed by atoms with E-state index in [0.29, 0.717) is 19.5 Å². The van der Waals surface area contributed by atoms with Crippen LogP contribution >= 0.6 is 0 Å². The van der Waals surface area contributed by atoms with Crippen molar-refractivity contribution in [3.63, 3.8) is 0 Å². The molecule has 2 aromatic rings. The summed E-state index contributed by atoms with van der Waals surface area (Å²) < 4.78 is 22.9. The highest BCUT2D eigenvalue weighted by Gasteiger charge is 2.22. The molecule has 25 heavy (non-hydrogen) atoms. The average Bonchev–Trinajstić information content (AvgIpc) is 2.96. The van der Waals surface area contributed by atoms with Crippen LogP contribution in [-0.4, -0.2) is 27.4 Å². The van der Waals surface area contributed by atoms with Crippen LogP contribution in [0.2, 0.25) is 0 Å². The zero-order valence-corrected chi connectivity index (χ0v) is 14.8. The summed E-state index contributed by atoms with van der Waals surface area (Å²) in [6.07, 6.45) is 0.698. The van der Waals surface area contributed by atoms with E-state index < -0.39 is 10.0 Å². The minimum absolute atomic E-state index is 0.0658. The molecule has 0 bridgehead atoms. The van der Waals surface area contributed by atoms with Gasteiger partial charge in [-0.3, -0.25) is 4.79 Å². The first-order valence-corrected chi connectivity index (χ1v) is 9.60. The van der Waals surface area contributed by atoms with Crippen LogP contribution in [0, 0.1) is 6.92 Å². The monoisotopic (exact) mass is 359 g/mol. The Bertz CT molecular complexity index is 892. The molecule has 132 valence electrons. The number of carbonyl (C=O) groups excluding carboxylic acids is 1. The Morgan fingerprint density at radius 3 is 2.60 bits per heavy atom. The molecule has 0 fully saturated rings. The van der Waals surface area contributed by atoms with Crippen LogP contribution in [0.3, 0.4) is 0 Å². The maximum atomic E-state index is 12.2. The van der Waals surface area contributed by atoms with E-state index in [1.807, 2.05) is 36.1 Å². The lowest BCUT2D eigenvalue weighted by atomic mass is 10.1. The molecule has 2 aromatic carbocycles. The summed E-state index contributed by atoms with van der Waals surface area (Å²) in [6.45, 7) is 3.44. The fourth-order valence-electron chi connectivity index (χ4n) is 2.92. The molecule has 0 atom stereocenters. The summed E-state index contributed by atoms with van der Waals surface area (Å²) in [5.74, 6) is -0.0658. The molecule has 0 unspecified atom stereocenters. The predicted octanol–water partition coefficient (Wildman–Crippen LogP) is 1.32. The van der Waals surface area contributed by atoms with Crippen LogP contribution < -0.4 is 15.4 Å². The Labute approximate surface area is 147 Å². The highest BCUT2D eigenvalue weighted by atomic mass is 32.2. The number of hydrogen-bond acceptors (Lipinski definition) is 4. The third-order valence-corrected chi connectivity index (χ3v) is 5.23. The molecule has 3 rings (SSSR count). The largest absolute Gasteiger partial charge is 0.362 e. The predicted molar refractivity (Wildman–Crippen MR) is 96.8 cm³/mol. The van der Waals surface area contributed by atoms with Gasteiger partial charge in [-0.05, 0) is 42.7 Å². The summed E-state index contributed by atoms with van der Waals surface area (Å²) in [4.78, 5) is 14.3. The second-order valence-electron chi connectivity index (χ2n) is 6.27. The molecule has 0 aliphatic carbocycles. The number of primary sulfonamides is 1. The smallest absolute Gasteiger partial charge is 0.239 e. The lowest BCUT2D eigenvalue weighted by Crippen LogP contribution is -2.36. The Kier molecular flexibility index (Phi) is 4.78. The van der Waals surface area contributed by atoms with Gasteiger partial charge in [-0.25, -0.2) is 13.6 Å². The van der Waals surface area contributed by atoms with Crippen molar-refractivity contribution < 1.29 is 13.2 Å². The second kappa shape index (κ2) is 6.85. The molecule has 7 heteroatoms. The van der Waals surface area contributed by atoms with Gasteiger partial charge in [-0.1, -0.05) is 29.8 Å². The third kappa shape index (κ3) is 4.18. The summed E-state index contributed by atoms with van der Waals surface area (Å²) in [5, 5.41) is 8.08. The lowest BCUT2D eigenvalue weighted by molar-refractivity contribution is -0.119. The van der Waals surface area contributed by atoms with Crippen molar-refractivity contribution in [3.05, 3.63) is 59.2 Å². The van der Waals surface area contributed by atoms with Crippen LogP contribution in [0.4, 0.5) is 5.69 Å². The summed E-state index contributed by atoms with van der Waals surface area (Å²) >= 11 is 0. The van der Waals surface area contributed by atoms with Gasteiger partial charge in [-0.2, -0.15) is 0 Å². The highest BCUT2D eigenvalue weighted by Crippen LogP contribution is 2.29. The van der Waals surface area contributed by atoms with E-state index in [1.165, 1.54) is 11.6 Å². The Morgan fingerprint density at radius 1 is 1.20 bits per heavy atom. The van der Waals surface area contributed by atoms with E-state index in [9.17, 15) is 13.2 Å². The standard InChI is InChI=1S/C18H21N3O3S/c1-13-2-4-14(5-3-13)11-20-18(22)12-21-9-8-15-10-16(25(19,23)24)6-7-17(15)21/h2-7,10H,8-9,11-12H2,1H3,(H,20,22)(H2,19,23,24). The Balaban J connectivity index is 1.61. The van der Waals surface area contributed by atoms with Gasteiger partial charge in [0.2, 0.25) is 15.9 Å². The van der Waals surface area contributed by atoms with Crippen molar-refractivity contribution >= 4 is 21.6 Å². The van der Waals surface area contributed by atoms with Crippen LogP contribution in [0.15, 0.2) is 47.4 Å². The van der Waals surface area contributed by atoms with Crippen molar-refractivity contribution in [1.82, 2.24) is 5.32 Å². The molecule has 3 N–H and O–H groups in total. The van der Waals surface area contributed by atoms with Gasteiger partial charge in [0.25, 0.3) is 0 Å². The van der Waals surface area contributed by atoms with Gasteiger partial charge in [0.15, 0.2) is 0 Å². The molecule has 0 spiro atoms. The number of nitrogens with two attached hydrogens (primary N) is 1. The van der Waals surface area contributed by atoms with E-state index in [0.717, 1.165) is 16.8 Å². The number of nitrogens with one attached hydrogen (secondary N) is 1. The maximum Gasteiger partial charge on any atom is 0.239 e. The van der Waals surface area contributed by atoms with E-state index in [4.69, 9.17) is 5.14 Å². The van der Waals surface area contributed by atoms with Crippen LogP contribution in [-0.2, 0) is 27.8 Å². The molecule has 1 aliphatic rings. The number of anilines is 1. The van der Waals surface area contributed by atoms with Gasteiger partial charge in [0.1, 0.15) is 0 Å². The topological polar surface area (TPSA) is 92.5 Å². The SMILES string of the molecule is Cc1ccc(CNC(=O)CN2CCc3cc(S(N)(=O)=O)ccc32)cc1. The third-order valence-electron chi connectivity index (χ3n) is 4.32. The van der Waals surface area contributed by atoms with Gasteiger partial charge in [0, 0.05) is 18.8 Å². The fourth-order valence-corrected chi connectivity index (χ4v) is 3.49. The summed E-state index contributed by atoms with van der Waals surface area (Å²) in [5.41, 5.74) is 4.02. The minimum atomic E-state index is -3.71. The van der Waals surface area contributed by atoms with Crippen molar-refractivity contribution in [2.24, 2.45) is 5.14 Å².